The van der Waals surface area contributed by atoms with E-state index in [2.05, 4.69) is 0 Å². The van der Waals surface area contributed by atoms with Crippen molar-refractivity contribution >= 4 is 55.0 Å². The topological polar surface area (TPSA) is 112 Å². The van der Waals surface area contributed by atoms with E-state index in [1.807, 2.05) is 109 Å². The molecular weight excluding hydrogens is 975 g/mol. The maximum absolute atomic E-state index is 15.5. The first-order valence-corrected chi connectivity index (χ1v) is 23.5. The van der Waals surface area contributed by atoms with E-state index in [4.69, 9.17) is 18.9 Å². The van der Waals surface area contributed by atoms with E-state index in [9.17, 15) is 19.8 Å². The molecule has 0 aliphatic heterocycles. The quantitative estimate of drug-likeness (QED) is 0.0921. The lowest BCUT2D eigenvalue weighted by Crippen LogP contribution is -2.54. The molecule has 2 N–H and O–H groups in total. The van der Waals surface area contributed by atoms with E-state index in [0.717, 1.165) is 67.4 Å². The number of hydrogen-bond acceptors (Lipinski definition) is 6. The van der Waals surface area contributed by atoms with Crippen molar-refractivity contribution in [3.05, 3.63) is 216 Å². The molecule has 0 radical (unpaired) electrons. The van der Waals surface area contributed by atoms with Crippen molar-refractivity contribution < 1.29 is 65.1 Å². The Bertz CT molecular complexity index is 3530. The molecule has 10 rings (SSSR count). The molecule has 75 heavy (non-hydrogen) atoms. The molecule has 0 saturated carbocycles. The molecule has 0 amide bonds. The summed E-state index contributed by atoms with van der Waals surface area (Å²) in [5.74, 6) is -1.26. The van der Waals surface area contributed by atoms with Gasteiger partial charge in [-0.1, -0.05) is 170 Å². The molecule has 0 bridgehead atoms. The van der Waals surface area contributed by atoms with Crippen molar-refractivity contribution in [3.8, 4) is 45.3 Å². The van der Waals surface area contributed by atoms with Crippen molar-refractivity contribution in [2.75, 3.05) is 13.2 Å². The van der Waals surface area contributed by atoms with Gasteiger partial charge >= 0.3 is 24.3 Å². The molecule has 0 atom stereocenters. The minimum atomic E-state index is -5.86. The van der Waals surface area contributed by atoms with Gasteiger partial charge in [0, 0.05) is 22.3 Å². The highest BCUT2D eigenvalue weighted by Gasteiger charge is 2.72. The zero-order valence-electron chi connectivity index (χ0n) is 39.4. The summed E-state index contributed by atoms with van der Waals surface area (Å²) in [6.07, 6.45) is -11.7. The Kier molecular flexibility index (Phi) is 13.3. The molecule has 0 aliphatic carbocycles. The molecule has 0 spiro atoms. The first kappa shape index (κ1) is 49.5. The zero-order chi connectivity index (χ0) is 52.5. The summed E-state index contributed by atoms with van der Waals surface area (Å²) in [4.78, 5) is 23.3. The van der Waals surface area contributed by atoms with Crippen LogP contribution in [0.15, 0.2) is 194 Å². The molecule has 14 heteroatoms. The van der Waals surface area contributed by atoms with Crippen LogP contribution < -0.4 is 18.9 Å². The Labute approximate surface area is 424 Å². The fourth-order valence-electron chi connectivity index (χ4n) is 9.80. The lowest BCUT2D eigenvalue weighted by molar-refractivity contribution is -0.288. The Morgan fingerprint density at radius 2 is 0.613 bits per heavy atom. The van der Waals surface area contributed by atoms with Gasteiger partial charge in [0.1, 0.15) is 36.2 Å². The molecule has 0 fully saturated rings. The second-order valence-corrected chi connectivity index (χ2v) is 17.7. The number of carbonyl (C=O) groups is 2. The standard InChI is InChI=1S/C61H42F6O8/c62-60(63,64)59(61(65,66)67,43-25-17-37(18-26-43)33-72-49-29-21-39-9-1-5-13-45(39)55(49)57-47-15-7-3-11-41(47)23-31-51(57)74-35-53(68)69)44-27-19-38(20-28-44)34-73-50-30-22-40-10-2-6-14-46(40)56(50)58-48-16-8-4-12-42(48)24-32-52(58)75-36-54(70)71/h1-32H,33-36H2,(H,68,69)(H,70,71). The van der Waals surface area contributed by atoms with Crippen LogP contribution >= 0.6 is 0 Å². The van der Waals surface area contributed by atoms with E-state index in [0.29, 0.717) is 33.8 Å². The third-order valence-corrected chi connectivity index (χ3v) is 13.2. The molecule has 10 aromatic rings. The first-order valence-electron chi connectivity index (χ1n) is 23.5. The predicted molar refractivity (Wildman–Crippen MR) is 274 cm³/mol. The third kappa shape index (κ3) is 9.46. The first-order chi connectivity index (χ1) is 36.1. The minimum absolute atomic E-state index is 0.258. The average Bonchev–Trinajstić information content (AvgIpc) is 3.42. The van der Waals surface area contributed by atoms with Gasteiger partial charge in [0.25, 0.3) is 0 Å². The van der Waals surface area contributed by atoms with Crippen LogP contribution in [0.5, 0.6) is 23.0 Å². The number of benzene rings is 10. The summed E-state index contributed by atoms with van der Waals surface area (Å²) in [6.45, 7) is -1.80. The van der Waals surface area contributed by atoms with Crippen LogP contribution in [0, 0.1) is 0 Å². The van der Waals surface area contributed by atoms with Crippen LogP contribution in [0.25, 0.3) is 65.3 Å². The number of ether oxygens (including phenoxy) is 4. The molecule has 0 saturated heterocycles. The van der Waals surface area contributed by atoms with Gasteiger partial charge in [-0.2, -0.15) is 26.3 Å². The zero-order valence-corrected chi connectivity index (χ0v) is 39.4. The number of carboxylic acid groups (broad SMARTS) is 2. The number of fused-ring (bicyclic) bond motifs is 4. The van der Waals surface area contributed by atoms with E-state index in [1.165, 1.54) is 24.3 Å². The van der Waals surface area contributed by atoms with Crippen LogP contribution in [0.1, 0.15) is 22.3 Å². The second kappa shape index (κ2) is 20.1. The number of alkyl halides is 6. The smallest absolute Gasteiger partial charge is 0.411 e. The fourth-order valence-corrected chi connectivity index (χ4v) is 9.80. The SMILES string of the molecule is O=C(O)COc1ccc2ccccc2c1-c1c(OCc2ccc(C(c3ccc(COc4ccc5ccccc5c4-c4c(OCC(=O)O)ccc5ccccc45)cc3)(C(F)(F)F)C(F)(F)F)cc2)ccc2ccccc12. The van der Waals surface area contributed by atoms with Crippen molar-refractivity contribution in [1.29, 1.82) is 0 Å². The number of halogens is 6. The highest BCUT2D eigenvalue weighted by molar-refractivity contribution is 6.11. The Morgan fingerprint density at radius 1 is 0.347 bits per heavy atom. The van der Waals surface area contributed by atoms with Gasteiger partial charge in [0.15, 0.2) is 13.2 Å². The van der Waals surface area contributed by atoms with Crippen LogP contribution in [-0.2, 0) is 28.2 Å². The van der Waals surface area contributed by atoms with Crippen LogP contribution in [-0.4, -0.2) is 47.7 Å². The Hall–Kier alpha value is -9.04. The maximum Gasteiger partial charge on any atom is 0.411 e. The summed E-state index contributed by atoms with van der Waals surface area (Å²) in [5, 5.41) is 25.1. The summed E-state index contributed by atoms with van der Waals surface area (Å²) < 4.78 is 117. The highest BCUT2D eigenvalue weighted by Crippen LogP contribution is 2.56. The number of hydrogen-bond donors (Lipinski definition) is 2. The van der Waals surface area contributed by atoms with Gasteiger partial charge in [-0.3, -0.25) is 0 Å². The number of carboxylic acids is 2. The maximum atomic E-state index is 15.5. The Morgan fingerprint density at radius 3 is 0.880 bits per heavy atom. The minimum Gasteiger partial charge on any atom is -0.488 e. The van der Waals surface area contributed by atoms with Gasteiger partial charge in [-0.15, -0.1) is 0 Å². The van der Waals surface area contributed by atoms with Crippen molar-refractivity contribution in [1.82, 2.24) is 0 Å². The highest BCUT2D eigenvalue weighted by atomic mass is 19.4. The van der Waals surface area contributed by atoms with E-state index < -0.39 is 54.0 Å². The Balaban J connectivity index is 0.965. The summed E-state index contributed by atoms with van der Waals surface area (Å²) in [6, 6.07) is 51.5. The van der Waals surface area contributed by atoms with Gasteiger partial charge in [-0.05, 0) is 89.6 Å². The molecule has 8 nitrogen and oxygen atoms in total. The van der Waals surface area contributed by atoms with Gasteiger partial charge in [-0.25, -0.2) is 9.59 Å². The van der Waals surface area contributed by atoms with Crippen molar-refractivity contribution in [2.24, 2.45) is 0 Å². The van der Waals surface area contributed by atoms with E-state index >= 15 is 26.3 Å². The van der Waals surface area contributed by atoms with Gasteiger partial charge in [0.2, 0.25) is 5.41 Å². The molecular formula is C61H42F6O8. The summed E-state index contributed by atoms with van der Waals surface area (Å²) in [7, 11) is 0. The normalized spacial score (nSPS) is 12.0. The van der Waals surface area contributed by atoms with Crippen molar-refractivity contribution in [2.45, 2.75) is 31.0 Å². The summed E-state index contributed by atoms with van der Waals surface area (Å²) >= 11 is 0. The lowest BCUT2D eigenvalue weighted by atomic mass is 9.72. The third-order valence-electron chi connectivity index (χ3n) is 13.2. The molecule has 10 aromatic carbocycles. The molecule has 0 aromatic heterocycles. The molecule has 0 heterocycles. The van der Waals surface area contributed by atoms with Crippen LogP contribution in [0.4, 0.5) is 26.3 Å². The van der Waals surface area contributed by atoms with Gasteiger partial charge < -0.3 is 29.2 Å². The lowest BCUT2D eigenvalue weighted by Gasteiger charge is -2.38. The number of aliphatic carboxylic acids is 2. The van der Waals surface area contributed by atoms with Crippen LogP contribution in [0.2, 0.25) is 0 Å². The van der Waals surface area contributed by atoms with Crippen molar-refractivity contribution in [3.63, 3.8) is 0 Å². The van der Waals surface area contributed by atoms with E-state index in [1.54, 1.807) is 36.4 Å². The van der Waals surface area contributed by atoms with Crippen LogP contribution in [0.3, 0.4) is 0 Å². The summed E-state index contributed by atoms with van der Waals surface area (Å²) in [5.41, 5.74) is -3.88. The monoisotopic (exact) mass is 1020 g/mol. The molecule has 0 unspecified atom stereocenters. The average molecular weight is 1020 g/mol. The molecule has 376 valence electrons. The second-order valence-electron chi connectivity index (χ2n) is 17.7. The predicted octanol–water partition coefficient (Wildman–Crippen LogP) is 15.1. The number of rotatable bonds is 16. The fraction of sp³-hybridized carbons (Fsp3) is 0.115. The molecule has 0 aliphatic rings. The van der Waals surface area contributed by atoms with E-state index in [-0.39, 0.29) is 35.8 Å². The van der Waals surface area contributed by atoms with Gasteiger partial charge in [0.05, 0.1) is 0 Å². The largest absolute Gasteiger partial charge is 0.488 e.